The summed E-state index contributed by atoms with van der Waals surface area (Å²) < 4.78 is 0. The summed E-state index contributed by atoms with van der Waals surface area (Å²) in [6.45, 7) is 13.0. The van der Waals surface area contributed by atoms with Crippen LogP contribution in [-0.4, -0.2) is 38.7 Å². The van der Waals surface area contributed by atoms with Gasteiger partial charge in [-0.3, -0.25) is 0 Å². The van der Waals surface area contributed by atoms with Crippen molar-refractivity contribution in [1.29, 1.82) is 0 Å². The van der Waals surface area contributed by atoms with Crippen molar-refractivity contribution in [1.82, 2.24) is 10.6 Å². The minimum atomic E-state index is 0.297. The first-order valence-electron chi connectivity index (χ1n) is 13.8. The standard InChI is InChI=1S/C24H40N2O.C6H11NO/c1-6-7-8-9-10-11-12-13-14-22-15-17-23(18-16-22)24(20(2)3)26-27-21(4)19-25-5;8-5-6-1-3-7-4-2-6/h15-18,20,25H,4,6-14,19H2,1-3,5H3;5-7H,1-4H2/b26-24+;. The normalized spacial score (nSPS) is 14.4. The van der Waals surface area contributed by atoms with E-state index in [1.54, 1.807) is 0 Å². The van der Waals surface area contributed by atoms with E-state index in [-0.39, 0.29) is 0 Å². The second kappa shape index (κ2) is 20.2. The van der Waals surface area contributed by atoms with Gasteiger partial charge in [0.05, 0.1) is 12.3 Å². The third-order valence-corrected chi connectivity index (χ3v) is 6.34. The van der Waals surface area contributed by atoms with E-state index in [9.17, 15) is 4.79 Å². The molecule has 0 amide bonds. The predicted octanol–water partition coefficient (Wildman–Crippen LogP) is 6.66. The smallest absolute Gasteiger partial charge is 0.141 e. The molecule has 0 radical (unpaired) electrons. The number of nitrogens with zero attached hydrogens (tertiary/aromatic N) is 1. The van der Waals surface area contributed by atoms with Crippen LogP contribution in [0.15, 0.2) is 41.8 Å². The maximum atomic E-state index is 10.1. The van der Waals surface area contributed by atoms with Crippen molar-refractivity contribution in [2.24, 2.45) is 17.0 Å². The molecule has 1 saturated heterocycles. The van der Waals surface area contributed by atoms with E-state index in [0.29, 0.717) is 24.1 Å². The monoisotopic (exact) mass is 485 g/mol. The van der Waals surface area contributed by atoms with Gasteiger partial charge in [-0.05, 0) is 62.9 Å². The molecular weight excluding hydrogens is 434 g/mol. The number of hydrogen-bond donors (Lipinski definition) is 2. The number of aldehydes is 1. The van der Waals surface area contributed by atoms with Gasteiger partial charge in [-0.15, -0.1) is 0 Å². The highest BCUT2D eigenvalue weighted by Crippen LogP contribution is 2.15. The van der Waals surface area contributed by atoms with Crippen LogP contribution in [0.1, 0.15) is 96.1 Å². The number of carbonyl (C=O) groups excluding carboxylic acids is 1. The number of carbonyl (C=O) groups is 1. The van der Waals surface area contributed by atoms with Gasteiger partial charge in [-0.2, -0.15) is 0 Å². The van der Waals surface area contributed by atoms with Crippen LogP contribution in [0.4, 0.5) is 0 Å². The largest absolute Gasteiger partial charge is 0.360 e. The average Bonchev–Trinajstić information content (AvgIpc) is 2.87. The van der Waals surface area contributed by atoms with Gasteiger partial charge in [0.1, 0.15) is 12.0 Å². The van der Waals surface area contributed by atoms with Gasteiger partial charge >= 0.3 is 0 Å². The van der Waals surface area contributed by atoms with E-state index >= 15 is 0 Å². The SMILES string of the molecule is C=C(CNC)O/N=C(/c1ccc(CCCCCCCCCC)cc1)C(C)C.O=CC1CCNCC1. The van der Waals surface area contributed by atoms with E-state index in [1.807, 2.05) is 7.05 Å². The molecule has 1 aliphatic rings. The first-order chi connectivity index (χ1) is 17.0. The quantitative estimate of drug-likeness (QED) is 0.0903. The van der Waals surface area contributed by atoms with Gasteiger partial charge in [0.15, 0.2) is 0 Å². The molecule has 5 heteroatoms. The minimum Gasteiger partial charge on any atom is -0.360 e. The van der Waals surface area contributed by atoms with E-state index in [2.05, 4.69) is 67.4 Å². The highest BCUT2D eigenvalue weighted by Gasteiger charge is 2.11. The molecule has 1 aromatic carbocycles. The fourth-order valence-corrected chi connectivity index (χ4v) is 4.12. The Morgan fingerprint density at radius 1 is 1.09 bits per heavy atom. The Kier molecular flexibility index (Phi) is 18.0. The summed E-state index contributed by atoms with van der Waals surface area (Å²) in [6, 6.07) is 8.81. The molecule has 1 aliphatic heterocycles. The van der Waals surface area contributed by atoms with Crippen LogP contribution in [-0.2, 0) is 16.1 Å². The Labute approximate surface area is 215 Å². The van der Waals surface area contributed by atoms with Crippen LogP contribution in [0.5, 0.6) is 0 Å². The zero-order valence-corrected chi connectivity index (χ0v) is 22.9. The van der Waals surface area contributed by atoms with Gasteiger partial charge in [0.2, 0.25) is 0 Å². The van der Waals surface area contributed by atoms with Crippen LogP contribution < -0.4 is 10.6 Å². The molecule has 1 aromatic rings. The Balaban J connectivity index is 0.000000642. The summed E-state index contributed by atoms with van der Waals surface area (Å²) in [6.07, 6.45) is 15.2. The van der Waals surface area contributed by atoms with Gasteiger partial charge in [-0.1, -0.05) is 102 Å². The summed E-state index contributed by atoms with van der Waals surface area (Å²) in [5.74, 6) is 1.27. The number of likely N-dealkylation sites (N-methyl/N-ethyl adjacent to an activating group) is 1. The van der Waals surface area contributed by atoms with E-state index in [1.165, 1.54) is 63.4 Å². The van der Waals surface area contributed by atoms with Crippen LogP contribution in [0.2, 0.25) is 0 Å². The number of hydrogen-bond acceptors (Lipinski definition) is 5. The number of nitrogens with one attached hydrogen (secondary N) is 2. The van der Waals surface area contributed by atoms with Crippen LogP contribution in [0.3, 0.4) is 0 Å². The van der Waals surface area contributed by atoms with E-state index < -0.39 is 0 Å². The number of aryl methyl sites for hydroxylation is 1. The molecule has 1 heterocycles. The van der Waals surface area contributed by atoms with Gasteiger partial charge < -0.3 is 20.3 Å². The fraction of sp³-hybridized carbons (Fsp3) is 0.667. The van der Waals surface area contributed by atoms with Gasteiger partial charge in [0.25, 0.3) is 0 Å². The van der Waals surface area contributed by atoms with Crippen molar-refractivity contribution in [3.8, 4) is 0 Å². The Morgan fingerprint density at radius 3 is 2.20 bits per heavy atom. The average molecular weight is 486 g/mol. The Hall–Kier alpha value is -1.98. The van der Waals surface area contributed by atoms with Crippen molar-refractivity contribution >= 4 is 12.0 Å². The number of unbranched alkanes of at least 4 members (excludes halogenated alkanes) is 7. The summed E-state index contributed by atoms with van der Waals surface area (Å²) in [4.78, 5) is 15.6. The summed E-state index contributed by atoms with van der Waals surface area (Å²) >= 11 is 0. The van der Waals surface area contributed by atoms with Crippen molar-refractivity contribution in [2.45, 2.75) is 91.4 Å². The number of oxime groups is 1. The van der Waals surface area contributed by atoms with Gasteiger partial charge in [0, 0.05) is 5.92 Å². The molecule has 0 aromatic heterocycles. The van der Waals surface area contributed by atoms with Crippen LogP contribution in [0, 0.1) is 11.8 Å². The second-order valence-electron chi connectivity index (χ2n) is 9.94. The third kappa shape index (κ3) is 14.9. The number of rotatable bonds is 16. The molecule has 0 saturated carbocycles. The third-order valence-electron chi connectivity index (χ3n) is 6.34. The van der Waals surface area contributed by atoms with Crippen molar-refractivity contribution in [2.75, 3.05) is 26.7 Å². The topological polar surface area (TPSA) is 62.7 Å². The lowest BCUT2D eigenvalue weighted by Crippen LogP contribution is -2.28. The summed E-state index contributed by atoms with van der Waals surface area (Å²) in [5, 5.41) is 10.5. The Bertz CT molecular complexity index is 707. The molecule has 0 atom stereocenters. The lowest BCUT2D eigenvalue weighted by Gasteiger charge is -2.16. The minimum absolute atomic E-state index is 0.297. The molecule has 0 unspecified atom stereocenters. The maximum Gasteiger partial charge on any atom is 0.141 e. The lowest BCUT2D eigenvalue weighted by atomic mass is 9.97. The summed E-state index contributed by atoms with van der Waals surface area (Å²) in [7, 11) is 1.87. The van der Waals surface area contributed by atoms with Crippen LogP contribution in [0.25, 0.3) is 0 Å². The van der Waals surface area contributed by atoms with Gasteiger partial charge in [-0.25, -0.2) is 0 Å². The first kappa shape index (κ1) is 31.1. The van der Waals surface area contributed by atoms with Crippen LogP contribution >= 0.6 is 0 Å². The molecule has 0 bridgehead atoms. The molecule has 35 heavy (non-hydrogen) atoms. The van der Waals surface area contributed by atoms with E-state index in [4.69, 9.17) is 4.84 Å². The molecule has 2 rings (SSSR count). The van der Waals surface area contributed by atoms with Crippen molar-refractivity contribution in [3.63, 3.8) is 0 Å². The molecule has 5 nitrogen and oxygen atoms in total. The first-order valence-corrected chi connectivity index (χ1v) is 13.8. The number of benzene rings is 1. The summed E-state index contributed by atoms with van der Waals surface area (Å²) in [5.41, 5.74) is 3.50. The Morgan fingerprint density at radius 2 is 1.69 bits per heavy atom. The molecular formula is C30H51N3O2. The maximum absolute atomic E-state index is 10.1. The van der Waals surface area contributed by atoms with E-state index in [0.717, 1.165) is 43.5 Å². The highest BCUT2D eigenvalue weighted by molar-refractivity contribution is 6.01. The zero-order valence-electron chi connectivity index (χ0n) is 22.9. The van der Waals surface area contributed by atoms with Crippen molar-refractivity contribution < 1.29 is 9.63 Å². The molecule has 0 spiro atoms. The number of piperidine rings is 1. The molecule has 0 aliphatic carbocycles. The zero-order chi connectivity index (χ0) is 25.7. The van der Waals surface area contributed by atoms with Crippen molar-refractivity contribution in [3.05, 3.63) is 47.7 Å². The molecule has 2 N–H and O–H groups in total. The fourth-order valence-electron chi connectivity index (χ4n) is 4.12. The lowest BCUT2D eigenvalue weighted by molar-refractivity contribution is -0.111. The predicted molar refractivity (Wildman–Crippen MR) is 150 cm³/mol. The molecule has 1 fully saturated rings. The molecule has 198 valence electrons. The second-order valence-corrected chi connectivity index (χ2v) is 9.94. The highest BCUT2D eigenvalue weighted by atomic mass is 16.6.